The van der Waals surface area contributed by atoms with Crippen LogP contribution in [0.4, 0.5) is 0 Å². The van der Waals surface area contributed by atoms with Crippen LogP contribution in [0.3, 0.4) is 0 Å². The van der Waals surface area contributed by atoms with Gasteiger partial charge in [0, 0.05) is 0 Å². The summed E-state index contributed by atoms with van der Waals surface area (Å²) in [5.41, 5.74) is 4.46. The highest BCUT2D eigenvalue weighted by molar-refractivity contribution is 6.32. The van der Waals surface area contributed by atoms with Crippen LogP contribution in [0.2, 0.25) is 5.02 Å². The normalized spacial score (nSPS) is 10.6. The van der Waals surface area contributed by atoms with Gasteiger partial charge >= 0.3 is 5.97 Å². The van der Waals surface area contributed by atoms with Crippen molar-refractivity contribution in [2.75, 3.05) is 6.61 Å². The lowest BCUT2D eigenvalue weighted by Gasteiger charge is -2.07. The molecule has 0 saturated heterocycles. The molecule has 6 nitrogen and oxygen atoms in total. The lowest BCUT2D eigenvalue weighted by molar-refractivity contribution is -0.123. The average molecular weight is 423 g/mol. The van der Waals surface area contributed by atoms with Crippen LogP contribution in [0.25, 0.3) is 0 Å². The van der Waals surface area contributed by atoms with Crippen molar-refractivity contribution < 1.29 is 19.1 Å². The number of nitrogens with one attached hydrogen (secondary N) is 1. The number of aryl methyl sites for hydroxylation is 1. The molecule has 0 aliphatic carbocycles. The number of hydrogen-bond acceptors (Lipinski definition) is 5. The number of nitrogens with zero attached hydrogens (tertiary/aromatic N) is 1. The summed E-state index contributed by atoms with van der Waals surface area (Å²) in [6.07, 6.45) is 1.47. The minimum atomic E-state index is -0.421. The van der Waals surface area contributed by atoms with E-state index < -0.39 is 11.9 Å². The van der Waals surface area contributed by atoms with E-state index in [1.807, 2.05) is 19.1 Å². The molecule has 0 unspecified atom stereocenters. The van der Waals surface area contributed by atoms with Crippen LogP contribution in [-0.2, 0) is 4.79 Å². The summed E-state index contributed by atoms with van der Waals surface area (Å²) in [6.45, 7) is 1.64. The highest BCUT2D eigenvalue weighted by atomic mass is 35.5. The number of esters is 1. The predicted molar refractivity (Wildman–Crippen MR) is 115 cm³/mol. The third-order valence-corrected chi connectivity index (χ3v) is 4.37. The maximum Gasteiger partial charge on any atom is 0.343 e. The van der Waals surface area contributed by atoms with Gasteiger partial charge in [0.2, 0.25) is 0 Å². The lowest BCUT2D eigenvalue weighted by Crippen LogP contribution is -2.24. The molecule has 0 fully saturated rings. The molecule has 30 heavy (non-hydrogen) atoms. The topological polar surface area (TPSA) is 77.0 Å². The van der Waals surface area contributed by atoms with E-state index in [0.29, 0.717) is 22.1 Å². The molecular formula is C23H19ClN2O4. The van der Waals surface area contributed by atoms with Crippen molar-refractivity contribution in [2.24, 2.45) is 5.10 Å². The van der Waals surface area contributed by atoms with E-state index in [2.05, 4.69) is 10.5 Å². The largest absolute Gasteiger partial charge is 0.482 e. The summed E-state index contributed by atoms with van der Waals surface area (Å²) >= 11 is 5.96. The number of ether oxygens (including phenoxy) is 2. The Kier molecular flexibility index (Phi) is 7.19. The fourth-order valence-electron chi connectivity index (χ4n) is 2.50. The van der Waals surface area contributed by atoms with Gasteiger partial charge in [-0.3, -0.25) is 4.79 Å². The number of hydrogen-bond donors (Lipinski definition) is 1. The molecule has 3 aromatic rings. The second-order valence-corrected chi connectivity index (χ2v) is 6.69. The smallest absolute Gasteiger partial charge is 0.343 e. The van der Waals surface area contributed by atoms with Crippen molar-refractivity contribution in [3.8, 4) is 11.5 Å². The number of halogens is 1. The van der Waals surface area contributed by atoms with Crippen molar-refractivity contribution in [3.05, 3.63) is 94.5 Å². The van der Waals surface area contributed by atoms with Crippen molar-refractivity contribution in [1.82, 2.24) is 5.43 Å². The third kappa shape index (κ3) is 5.93. The zero-order valence-corrected chi connectivity index (χ0v) is 16.9. The van der Waals surface area contributed by atoms with Crippen LogP contribution in [0.15, 0.2) is 77.9 Å². The summed E-state index contributed by atoms with van der Waals surface area (Å²) in [4.78, 5) is 24.0. The van der Waals surface area contributed by atoms with Crippen LogP contribution in [0, 0.1) is 6.92 Å². The molecule has 0 spiro atoms. The van der Waals surface area contributed by atoms with Crippen LogP contribution < -0.4 is 14.9 Å². The first-order valence-corrected chi connectivity index (χ1v) is 9.48. The molecule has 0 radical (unpaired) electrons. The Morgan fingerprint density at radius 3 is 2.43 bits per heavy atom. The van der Waals surface area contributed by atoms with E-state index in [9.17, 15) is 9.59 Å². The van der Waals surface area contributed by atoms with Gasteiger partial charge < -0.3 is 9.47 Å². The van der Waals surface area contributed by atoms with Gasteiger partial charge in [-0.1, -0.05) is 41.9 Å². The van der Waals surface area contributed by atoms with Crippen LogP contribution >= 0.6 is 11.6 Å². The molecule has 0 atom stereocenters. The monoisotopic (exact) mass is 422 g/mol. The maximum atomic E-state index is 12.2. The Hall–Kier alpha value is -3.64. The number of carbonyl (C=O) groups is 2. The van der Waals surface area contributed by atoms with Crippen LogP contribution in [0.5, 0.6) is 11.5 Å². The number of amides is 1. The van der Waals surface area contributed by atoms with Gasteiger partial charge in [0.1, 0.15) is 11.5 Å². The van der Waals surface area contributed by atoms with Crippen molar-refractivity contribution >= 4 is 29.7 Å². The van der Waals surface area contributed by atoms with Crippen molar-refractivity contribution in [3.63, 3.8) is 0 Å². The van der Waals surface area contributed by atoms with Crippen molar-refractivity contribution in [2.45, 2.75) is 6.92 Å². The average Bonchev–Trinajstić information content (AvgIpc) is 2.74. The van der Waals surface area contributed by atoms with Gasteiger partial charge in [0.05, 0.1) is 16.8 Å². The Balaban J connectivity index is 1.48. The molecule has 0 aliphatic rings. The van der Waals surface area contributed by atoms with E-state index >= 15 is 0 Å². The molecule has 0 bridgehead atoms. The van der Waals surface area contributed by atoms with Gasteiger partial charge in [-0.25, -0.2) is 10.2 Å². The first-order chi connectivity index (χ1) is 14.5. The fourth-order valence-corrected chi connectivity index (χ4v) is 2.69. The number of rotatable bonds is 7. The molecule has 0 aromatic heterocycles. The summed E-state index contributed by atoms with van der Waals surface area (Å²) in [5.74, 6) is 0.00181. The standard InChI is InChI=1S/C23H19ClN2O4/c1-16-6-2-3-7-19(16)23(28)30-18-12-10-17(11-13-18)14-25-26-22(27)15-29-21-9-5-4-8-20(21)24/h2-14H,15H2,1H3,(H,26,27)/b25-14-. The second kappa shape index (κ2) is 10.2. The molecule has 1 amide bonds. The highest BCUT2D eigenvalue weighted by Gasteiger charge is 2.10. The molecule has 3 aromatic carbocycles. The zero-order valence-electron chi connectivity index (χ0n) is 16.2. The molecule has 7 heteroatoms. The summed E-state index contributed by atoms with van der Waals surface area (Å²) in [6, 6.07) is 20.8. The number of carbonyl (C=O) groups excluding carboxylic acids is 2. The lowest BCUT2D eigenvalue weighted by atomic mass is 10.1. The van der Waals surface area contributed by atoms with E-state index in [1.165, 1.54) is 6.21 Å². The van der Waals surface area contributed by atoms with Crippen molar-refractivity contribution in [1.29, 1.82) is 0 Å². The van der Waals surface area contributed by atoms with Gasteiger partial charge in [-0.15, -0.1) is 0 Å². The van der Waals surface area contributed by atoms with E-state index in [1.54, 1.807) is 60.7 Å². The minimum Gasteiger partial charge on any atom is -0.482 e. The minimum absolute atomic E-state index is 0.213. The summed E-state index contributed by atoms with van der Waals surface area (Å²) < 4.78 is 10.7. The Morgan fingerprint density at radius 2 is 1.70 bits per heavy atom. The molecule has 0 heterocycles. The predicted octanol–water partition coefficient (Wildman–Crippen LogP) is 4.40. The second-order valence-electron chi connectivity index (χ2n) is 6.29. The zero-order chi connectivity index (χ0) is 21.3. The van der Waals surface area contributed by atoms with Gasteiger partial charge in [0.25, 0.3) is 5.91 Å². The summed E-state index contributed by atoms with van der Waals surface area (Å²) in [7, 11) is 0. The molecular weight excluding hydrogens is 404 g/mol. The summed E-state index contributed by atoms with van der Waals surface area (Å²) in [5, 5.41) is 4.31. The first kappa shape index (κ1) is 21.1. The molecule has 1 N–H and O–H groups in total. The van der Waals surface area contributed by atoms with Gasteiger partial charge in [0.15, 0.2) is 6.61 Å². The molecule has 3 rings (SSSR count). The Bertz CT molecular complexity index is 1060. The Morgan fingerprint density at radius 1 is 1.00 bits per heavy atom. The number of para-hydroxylation sites is 1. The quantitative estimate of drug-likeness (QED) is 0.265. The van der Waals surface area contributed by atoms with E-state index in [0.717, 1.165) is 11.1 Å². The maximum absolute atomic E-state index is 12.2. The fraction of sp³-hybridized carbons (Fsp3) is 0.0870. The third-order valence-electron chi connectivity index (χ3n) is 4.05. The molecule has 0 saturated carbocycles. The van der Waals surface area contributed by atoms with Crippen LogP contribution in [0.1, 0.15) is 21.5 Å². The van der Waals surface area contributed by atoms with Gasteiger partial charge in [-0.2, -0.15) is 5.10 Å². The van der Waals surface area contributed by atoms with Crippen LogP contribution in [-0.4, -0.2) is 24.7 Å². The number of benzene rings is 3. The van der Waals surface area contributed by atoms with Gasteiger partial charge in [-0.05, 0) is 60.5 Å². The Labute approximate surface area is 179 Å². The van der Waals surface area contributed by atoms with E-state index in [-0.39, 0.29) is 6.61 Å². The highest BCUT2D eigenvalue weighted by Crippen LogP contribution is 2.22. The molecule has 152 valence electrons. The first-order valence-electron chi connectivity index (χ1n) is 9.10. The number of hydrazone groups is 1. The van der Waals surface area contributed by atoms with E-state index in [4.69, 9.17) is 21.1 Å². The SMILES string of the molecule is Cc1ccccc1C(=O)Oc1ccc(/C=N\NC(=O)COc2ccccc2Cl)cc1. The molecule has 0 aliphatic heterocycles.